The smallest absolute Gasteiger partial charge is 0.168 e. The highest BCUT2D eigenvalue weighted by Crippen LogP contribution is 2.23. The second-order valence-corrected chi connectivity index (χ2v) is 5.54. The number of benzene rings is 1. The molecule has 0 unspecified atom stereocenters. The molecule has 0 aliphatic heterocycles. The standard InChI is InChI=1S/C15H17N5O/c1-10-4-6-11(7-5-10)20-14-12(8-18-20)13(16-9-17-14)19-15(2,3)21/h4-9,21H,1-3H3,(H,16,17,19). The highest BCUT2D eigenvalue weighted by Gasteiger charge is 2.17. The van der Waals surface area contributed by atoms with Gasteiger partial charge in [0.05, 0.1) is 17.3 Å². The van der Waals surface area contributed by atoms with Gasteiger partial charge in [0.25, 0.3) is 0 Å². The SMILES string of the molecule is Cc1ccc(-n2ncc3c(NC(C)(C)O)ncnc32)cc1. The number of nitrogens with one attached hydrogen (secondary N) is 1. The Morgan fingerprint density at radius 2 is 1.86 bits per heavy atom. The summed E-state index contributed by atoms with van der Waals surface area (Å²) in [6, 6.07) is 8.04. The Kier molecular flexibility index (Phi) is 3.10. The van der Waals surface area contributed by atoms with Gasteiger partial charge in [-0.2, -0.15) is 5.10 Å². The van der Waals surface area contributed by atoms with E-state index in [1.165, 1.54) is 11.9 Å². The van der Waals surface area contributed by atoms with Gasteiger partial charge in [0.15, 0.2) is 5.65 Å². The van der Waals surface area contributed by atoms with Crippen LogP contribution in [-0.2, 0) is 0 Å². The third kappa shape index (κ3) is 2.71. The fourth-order valence-corrected chi connectivity index (χ4v) is 2.11. The second-order valence-electron chi connectivity index (χ2n) is 5.54. The molecule has 0 atom stereocenters. The van der Waals surface area contributed by atoms with Gasteiger partial charge in [0.2, 0.25) is 0 Å². The van der Waals surface area contributed by atoms with Crippen LogP contribution >= 0.6 is 0 Å². The van der Waals surface area contributed by atoms with Crippen molar-refractivity contribution in [2.75, 3.05) is 5.32 Å². The molecule has 0 amide bonds. The molecular weight excluding hydrogens is 266 g/mol. The molecule has 0 spiro atoms. The molecular formula is C15H17N5O. The van der Waals surface area contributed by atoms with Crippen molar-refractivity contribution < 1.29 is 5.11 Å². The number of rotatable bonds is 3. The number of nitrogens with zero attached hydrogens (tertiary/aromatic N) is 4. The zero-order valence-electron chi connectivity index (χ0n) is 12.2. The molecule has 0 saturated carbocycles. The van der Waals surface area contributed by atoms with Gasteiger partial charge < -0.3 is 10.4 Å². The Morgan fingerprint density at radius 1 is 1.14 bits per heavy atom. The predicted octanol–water partition coefficient (Wildman–Crippen LogP) is 2.26. The van der Waals surface area contributed by atoms with Gasteiger partial charge >= 0.3 is 0 Å². The van der Waals surface area contributed by atoms with Gasteiger partial charge in [-0.15, -0.1) is 0 Å². The summed E-state index contributed by atoms with van der Waals surface area (Å²) in [7, 11) is 0. The van der Waals surface area contributed by atoms with E-state index in [9.17, 15) is 5.11 Å². The average Bonchev–Trinajstić information content (AvgIpc) is 2.83. The zero-order chi connectivity index (χ0) is 15.0. The second kappa shape index (κ2) is 4.82. The molecule has 2 aromatic heterocycles. The first-order valence-corrected chi connectivity index (χ1v) is 6.70. The normalized spacial score (nSPS) is 11.8. The molecule has 6 nitrogen and oxygen atoms in total. The van der Waals surface area contributed by atoms with Crippen molar-refractivity contribution in [1.29, 1.82) is 0 Å². The third-order valence-corrected chi connectivity index (χ3v) is 3.07. The van der Waals surface area contributed by atoms with E-state index in [1.807, 2.05) is 31.2 Å². The highest BCUT2D eigenvalue weighted by molar-refractivity contribution is 5.87. The third-order valence-electron chi connectivity index (χ3n) is 3.07. The Bertz CT molecular complexity index is 771. The molecule has 108 valence electrons. The molecule has 0 aliphatic rings. The van der Waals surface area contributed by atoms with Crippen LogP contribution in [0.15, 0.2) is 36.8 Å². The molecule has 6 heteroatoms. The van der Waals surface area contributed by atoms with Gasteiger partial charge in [0, 0.05) is 0 Å². The van der Waals surface area contributed by atoms with E-state index in [4.69, 9.17) is 0 Å². The number of anilines is 1. The van der Waals surface area contributed by atoms with Crippen LogP contribution < -0.4 is 5.32 Å². The van der Waals surface area contributed by atoms with Crippen LogP contribution in [0.1, 0.15) is 19.4 Å². The lowest BCUT2D eigenvalue weighted by atomic mass is 10.2. The molecule has 21 heavy (non-hydrogen) atoms. The summed E-state index contributed by atoms with van der Waals surface area (Å²) in [5.74, 6) is 0.561. The maximum atomic E-state index is 9.89. The zero-order valence-corrected chi connectivity index (χ0v) is 12.2. The number of aromatic nitrogens is 4. The molecule has 2 heterocycles. The molecule has 0 bridgehead atoms. The number of hydrogen-bond donors (Lipinski definition) is 2. The van der Waals surface area contributed by atoms with Gasteiger partial charge in [-0.1, -0.05) is 17.7 Å². The highest BCUT2D eigenvalue weighted by atomic mass is 16.3. The number of hydrogen-bond acceptors (Lipinski definition) is 5. The van der Waals surface area contributed by atoms with Crippen molar-refractivity contribution in [2.24, 2.45) is 0 Å². The van der Waals surface area contributed by atoms with Crippen LogP contribution in [0.3, 0.4) is 0 Å². The van der Waals surface area contributed by atoms with Gasteiger partial charge in [0.1, 0.15) is 17.9 Å². The fraction of sp³-hybridized carbons (Fsp3) is 0.267. The minimum Gasteiger partial charge on any atom is -0.372 e. The van der Waals surface area contributed by atoms with Crippen LogP contribution in [0.2, 0.25) is 0 Å². The minimum absolute atomic E-state index is 0.561. The van der Waals surface area contributed by atoms with E-state index in [1.54, 1.807) is 24.7 Å². The lowest BCUT2D eigenvalue weighted by molar-refractivity contribution is 0.111. The van der Waals surface area contributed by atoms with Gasteiger partial charge in [-0.25, -0.2) is 14.6 Å². The largest absolute Gasteiger partial charge is 0.372 e. The van der Waals surface area contributed by atoms with Crippen molar-refractivity contribution in [2.45, 2.75) is 26.5 Å². The maximum Gasteiger partial charge on any atom is 0.168 e. The minimum atomic E-state index is -1.06. The molecule has 0 saturated heterocycles. The number of aliphatic hydroxyl groups is 1. The Balaban J connectivity index is 2.11. The van der Waals surface area contributed by atoms with Crippen LogP contribution in [-0.4, -0.2) is 30.6 Å². The lowest BCUT2D eigenvalue weighted by Crippen LogP contribution is -2.30. The van der Waals surface area contributed by atoms with E-state index < -0.39 is 5.72 Å². The van der Waals surface area contributed by atoms with Crippen molar-refractivity contribution >= 4 is 16.9 Å². The summed E-state index contributed by atoms with van der Waals surface area (Å²) in [5.41, 5.74) is 1.76. The molecule has 0 aliphatic carbocycles. The lowest BCUT2D eigenvalue weighted by Gasteiger charge is -2.19. The van der Waals surface area contributed by atoms with Crippen LogP contribution in [0.25, 0.3) is 16.7 Å². The number of fused-ring (bicyclic) bond motifs is 1. The summed E-state index contributed by atoms with van der Waals surface area (Å²) < 4.78 is 1.76. The predicted molar refractivity (Wildman–Crippen MR) is 81.3 cm³/mol. The Hall–Kier alpha value is -2.47. The monoisotopic (exact) mass is 283 g/mol. The van der Waals surface area contributed by atoms with E-state index in [-0.39, 0.29) is 0 Å². The molecule has 3 aromatic rings. The van der Waals surface area contributed by atoms with Crippen molar-refractivity contribution in [1.82, 2.24) is 19.7 Å². The Labute approximate surface area is 122 Å². The topological polar surface area (TPSA) is 75.9 Å². The molecule has 3 rings (SSSR count). The van der Waals surface area contributed by atoms with Crippen LogP contribution in [0.4, 0.5) is 5.82 Å². The van der Waals surface area contributed by atoms with Crippen molar-refractivity contribution in [3.63, 3.8) is 0 Å². The van der Waals surface area contributed by atoms with E-state index >= 15 is 0 Å². The van der Waals surface area contributed by atoms with Crippen molar-refractivity contribution in [3.05, 3.63) is 42.4 Å². The summed E-state index contributed by atoms with van der Waals surface area (Å²) in [6.45, 7) is 5.36. The molecule has 2 N–H and O–H groups in total. The average molecular weight is 283 g/mol. The quantitative estimate of drug-likeness (QED) is 0.721. The van der Waals surface area contributed by atoms with E-state index in [0.717, 1.165) is 11.1 Å². The summed E-state index contributed by atoms with van der Waals surface area (Å²) in [5, 5.41) is 18.0. The first-order valence-electron chi connectivity index (χ1n) is 6.70. The molecule has 0 radical (unpaired) electrons. The summed E-state index contributed by atoms with van der Waals surface area (Å²) >= 11 is 0. The summed E-state index contributed by atoms with van der Waals surface area (Å²) in [6.07, 6.45) is 3.16. The summed E-state index contributed by atoms with van der Waals surface area (Å²) in [4.78, 5) is 8.48. The van der Waals surface area contributed by atoms with Crippen molar-refractivity contribution in [3.8, 4) is 5.69 Å². The number of aryl methyl sites for hydroxylation is 1. The first kappa shape index (κ1) is 13.5. The maximum absolute atomic E-state index is 9.89. The van der Waals surface area contributed by atoms with Gasteiger partial charge in [-0.3, -0.25) is 0 Å². The van der Waals surface area contributed by atoms with E-state index in [2.05, 4.69) is 20.4 Å². The van der Waals surface area contributed by atoms with E-state index in [0.29, 0.717) is 11.5 Å². The first-order chi connectivity index (χ1) is 9.94. The Morgan fingerprint density at radius 3 is 2.52 bits per heavy atom. The molecule has 1 aromatic carbocycles. The van der Waals surface area contributed by atoms with Crippen LogP contribution in [0.5, 0.6) is 0 Å². The van der Waals surface area contributed by atoms with Crippen LogP contribution in [0, 0.1) is 6.92 Å². The van der Waals surface area contributed by atoms with Gasteiger partial charge in [-0.05, 0) is 32.9 Å². The fourth-order valence-electron chi connectivity index (χ4n) is 2.11. The molecule has 0 fully saturated rings.